The molecule has 0 aliphatic rings. The molecule has 0 saturated heterocycles. The van der Waals surface area contributed by atoms with E-state index in [0.29, 0.717) is 0 Å². The minimum atomic E-state index is -1.33. The number of aliphatic carboxylic acids is 1. The summed E-state index contributed by atoms with van der Waals surface area (Å²) < 4.78 is 4.27. The Hall–Kier alpha value is -1.99. The largest absolute Gasteiger partial charge is 0.480 e. The van der Waals surface area contributed by atoms with Crippen molar-refractivity contribution in [1.82, 2.24) is 5.32 Å². The number of primary amides is 1. The third-order valence-electron chi connectivity index (χ3n) is 1.39. The van der Waals surface area contributed by atoms with E-state index in [0.717, 1.165) is 0 Å². The standard InChI is InChI=1S/C7H13NO4.CH3NO2/c1-4(2)5(6(9)10)8-7(11)12-3;2-1(3)4/h4-5H,1-3H3,(H,8,11)(H,9,10);2H2,(H,3,4)/t5-;/m0./s1. The summed E-state index contributed by atoms with van der Waals surface area (Å²) in [7, 11) is 1.19. The van der Waals surface area contributed by atoms with E-state index in [1.165, 1.54) is 7.11 Å². The molecule has 0 bridgehead atoms. The zero-order valence-corrected chi connectivity index (χ0v) is 9.26. The Morgan fingerprint density at radius 3 is 1.81 bits per heavy atom. The van der Waals surface area contributed by atoms with Gasteiger partial charge in [0.15, 0.2) is 0 Å². The number of carboxylic acid groups (broad SMARTS) is 2. The number of carbonyl (C=O) groups is 3. The van der Waals surface area contributed by atoms with Gasteiger partial charge in [-0.3, -0.25) is 0 Å². The van der Waals surface area contributed by atoms with Gasteiger partial charge in [0, 0.05) is 0 Å². The first-order chi connectivity index (χ1) is 7.22. The third kappa shape index (κ3) is 10.1. The Kier molecular flexibility index (Phi) is 8.56. The summed E-state index contributed by atoms with van der Waals surface area (Å²) in [4.78, 5) is 29.9. The number of amides is 2. The van der Waals surface area contributed by atoms with Gasteiger partial charge in [0.25, 0.3) is 0 Å². The molecule has 0 aromatic heterocycles. The van der Waals surface area contributed by atoms with Crippen molar-refractivity contribution < 1.29 is 29.3 Å². The number of rotatable bonds is 3. The molecule has 94 valence electrons. The van der Waals surface area contributed by atoms with Gasteiger partial charge in [-0.2, -0.15) is 0 Å². The van der Waals surface area contributed by atoms with Crippen LogP contribution in [0.25, 0.3) is 0 Å². The number of alkyl carbamates (subject to hydrolysis) is 1. The minimum absolute atomic E-state index is 0.165. The van der Waals surface area contributed by atoms with Crippen molar-refractivity contribution >= 4 is 18.2 Å². The molecule has 0 aromatic rings. The second kappa shape index (κ2) is 8.33. The SMILES string of the molecule is COC(=O)N[C@H](C(=O)O)C(C)C.NC(=O)O. The van der Waals surface area contributed by atoms with Crippen LogP contribution in [0, 0.1) is 5.92 Å². The smallest absolute Gasteiger partial charge is 0.407 e. The number of hydrogen-bond donors (Lipinski definition) is 4. The Morgan fingerprint density at radius 2 is 1.62 bits per heavy atom. The van der Waals surface area contributed by atoms with Crippen LogP contribution in [0.1, 0.15) is 13.8 Å². The maximum atomic E-state index is 10.6. The lowest BCUT2D eigenvalue weighted by molar-refractivity contribution is -0.140. The number of nitrogens with one attached hydrogen (secondary N) is 1. The van der Waals surface area contributed by atoms with E-state index in [-0.39, 0.29) is 5.92 Å². The summed E-state index contributed by atoms with van der Waals surface area (Å²) in [6.07, 6.45) is -2.06. The highest BCUT2D eigenvalue weighted by Gasteiger charge is 2.23. The lowest BCUT2D eigenvalue weighted by atomic mass is 10.1. The van der Waals surface area contributed by atoms with E-state index in [2.05, 4.69) is 15.8 Å². The molecule has 16 heavy (non-hydrogen) atoms. The predicted octanol–water partition coefficient (Wildman–Crippen LogP) is 0.0747. The molecule has 5 N–H and O–H groups in total. The molecular weight excluding hydrogens is 220 g/mol. The number of carboxylic acids is 1. The fraction of sp³-hybridized carbons (Fsp3) is 0.625. The maximum absolute atomic E-state index is 10.6. The van der Waals surface area contributed by atoms with E-state index in [9.17, 15) is 9.59 Å². The zero-order valence-electron chi connectivity index (χ0n) is 9.26. The molecule has 2 amide bonds. The van der Waals surface area contributed by atoms with Gasteiger partial charge in [-0.1, -0.05) is 13.8 Å². The van der Waals surface area contributed by atoms with E-state index < -0.39 is 24.2 Å². The molecule has 0 aliphatic carbocycles. The lowest BCUT2D eigenvalue weighted by Crippen LogP contribution is -2.44. The van der Waals surface area contributed by atoms with Gasteiger partial charge in [-0.25, -0.2) is 14.4 Å². The highest BCUT2D eigenvalue weighted by atomic mass is 16.5. The van der Waals surface area contributed by atoms with Crippen molar-refractivity contribution in [3.05, 3.63) is 0 Å². The Morgan fingerprint density at radius 1 is 1.25 bits per heavy atom. The molecule has 8 heteroatoms. The highest BCUT2D eigenvalue weighted by Crippen LogP contribution is 2.01. The van der Waals surface area contributed by atoms with Crippen LogP contribution < -0.4 is 11.1 Å². The van der Waals surface area contributed by atoms with Gasteiger partial charge >= 0.3 is 18.2 Å². The van der Waals surface area contributed by atoms with Crippen molar-refractivity contribution in [2.75, 3.05) is 7.11 Å². The first-order valence-corrected chi connectivity index (χ1v) is 4.28. The van der Waals surface area contributed by atoms with Crippen LogP contribution in [0.4, 0.5) is 9.59 Å². The van der Waals surface area contributed by atoms with Gasteiger partial charge < -0.3 is 26.0 Å². The molecule has 0 radical (unpaired) electrons. The van der Waals surface area contributed by atoms with Crippen molar-refractivity contribution in [3.8, 4) is 0 Å². The van der Waals surface area contributed by atoms with E-state index in [1.807, 2.05) is 0 Å². The fourth-order valence-electron chi connectivity index (χ4n) is 0.699. The van der Waals surface area contributed by atoms with Gasteiger partial charge in [-0.15, -0.1) is 0 Å². The number of carbonyl (C=O) groups excluding carboxylic acids is 1. The molecule has 8 nitrogen and oxygen atoms in total. The van der Waals surface area contributed by atoms with Gasteiger partial charge in [-0.05, 0) is 5.92 Å². The van der Waals surface area contributed by atoms with E-state index in [1.54, 1.807) is 13.8 Å². The molecule has 0 aromatic carbocycles. The minimum Gasteiger partial charge on any atom is -0.480 e. The van der Waals surface area contributed by atoms with Crippen LogP contribution >= 0.6 is 0 Å². The van der Waals surface area contributed by atoms with Crippen LogP contribution in [0.2, 0.25) is 0 Å². The summed E-state index contributed by atoms with van der Waals surface area (Å²) >= 11 is 0. The molecule has 0 unspecified atom stereocenters. The number of nitrogens with two attached hydrogens (primary N) is 1. The monoisotopic (exact) mass is 236 g/mol. The molecular formula is C8H16N2O6. The van der Waals surface area contributed by atoms with Crippen molar-refractivity contribution in [2.45, 2.75) is 19.9 Å². The first-order valence-electron chi connectivity index (χ1n) is 4.28. The van der Waals surface area contributed by atoms with Gasteiger partial charge in [0.2, 0.25) is 0 Å². The van der Waals surface area contributed by atoms with Crippen LogP contribution in [0.5, 0.6) is 0 Å². The van der Waals surface area contributed by atoms with Crippen molar-refractivity contribution in [1.29, 1.82) is 0 Å². The van der Waals surface area contributed by atoms with Crippen molar-refractivity contribution in [2.24, 2.45) is 11.7 Å². The molecule has 0 saturated carbocycles. The average molecular weight is 236 g/mol. The van der Waals surface area contributed by atoms with Crippen LogP contribution in [-0.2, 0) is 9.53 Å². The molecule has 1 atom stereocenters. The first kappa shape index (κ1) is 16.4. The highest BCUT2D eigenvalue weighted by molar-refractivity contribution is 5.80. The second-order valence-electron chi connectivity index (χ2n) is 3.03. The van der Waals surface area contributed by atoms with Crippen LogP contribution in [-0.4, -0.2) is 41.5 Å². The lowest BCUT2D eigenvalue weighted by Gasteiger charge is -2.16. The second-order valence-corrected chi connectivity index (χ2v) is 3.03. The Bertz CT molecular complexity index is 249. The number of methoxy groups -OCH3 is 1. The summed E-state index contributed by atoms with van der Waals surface area (Å²) in [5, 5.41) is 18.0. The summed E-state index contributed by atoms with van der Waals surface area (Å²) in [6, 6.07) is -0.891. The summed E-state index contributed by atoms with van der Waals surface area (Å²) in [5.74, 6) is -1.22. The molecule has 0 rings (SSSR count). The number of hydrogen-bond acceptors (Lipinski definition) is 4. The fourth-order valence-corrected chi connectivity index (χ4v) is 0.699. The quantitative estimate of drug-likeness (QED) is 0.547. The Labute approximate surface area is 92.4 Å². The molecule has 0 fully saturated rings. The Balaban J connectivity index is 0. The van der Waals surface area contributed by atoms with Gasteiger partial charge in [0.05, 0.1) is 7.11 Å². The summed E-state index contributed by atoms with van der Waals surface area (Å²) in [6.45, 7) is 3.41. The third-order valence-corrected chi connectivity index (χ3v) is 1.39. The van der Waals surface area contributed by atoms with Gasteiger partial charge in [0.1, 0.15) is 6.04 Å². The van der Waals surface area contributed by atoms with E-state index in [4.69, 9.17) is 15.0 Å². The van der Waals surface area contributed by atoms with Crippen molar-refractivity contribution in [3.63, 3.8) is 0 Å². The average Bonchev–Trinajstić information content (AvgIpc) is 2.11. The molecule has 0 heterocycles. The topological polar surface area (TPSA) is 139 Å². The predicted molar refractivity (Wildman–Crippen MR) is 54.0 cm³/mol. The molecule has 0 spiro atoms. The van der Waals surface area contributed by atoms with Crippen LogP contribution in [0.3, 0.4) is 0 Å². The maximum Gasteiger partial charge on any atom is 0.407 e. The summed E-state index contributed by atoms with van der Waals surface area (Å²) in [5.41, 5.74) is 4.03. The van der Waals surface area contributed by atoms with Crippen LogP contribution in [0.15, 0.2) is 0 Å². The number of ether oxygens (including phenoxy) is 1. The normalized spacial score (nSPS) is 10.8. The molecule has 0 aliphatic heterocycles. The zero-order chi connectivity index (χ0) is 13.3. The van der Waals surface area contributed by atoms with E-state index >= 15 is 0 Å².